The molecule has 0 unspecified atom stereocenters. The van der Waals surface area contributed by atoms with Crippen LogP contribution in [0.1, 0.15) is 4.88 Å². The molecule has 3 rings (SSSR count). The summed E-state index contributed by atoms with van der Waals surface area (Å²) in [5.74, 6) is -0.193. The van der Waals surface area contributed by atoms with Crippen molar-refractivity contribution >= 4 is 34.4 Å². The van der Waals surface area contributed by atoms with Gasteiger partial charge in [-0.3, -0.25) is 23.3 Å². The molecule has 0 aliphatic rings. The van der Waals surface area contributed by atoms with Crippen molar-refractivity contribution in [3.05, 3.63) is 43.2 Å². The SMILES string of the molecule is CN(Cc1cccs1)C(=O)Cn1c(N)nc2c1c(=O)n(C)c(=O)n2C. The van der Waals surface area contributed by atoms with E-state index < -0.39 is 11.2 Å². The molecule has 0 atom stereocenters. The van der Waals surface area contributed by atoms with Gasteiger partial charge in [0.1, 0.15) is 6.54 Å². The summed E-state index contributed by atoms with van der Waals surface area (Å²) in [7, 11) is 4.57. The topological polar surface area (TPSA) is 108 Å². The largest absolute Gasteiger partial charge is 0.369 e. The van der Waals surface area contributed by atoms with Gasteiger partial charge < -0.3 is 10.6 Å². The number of imidazole rings is 1. The van der Waals surface area contributed by atoms with Crippen molar-refractivity contribution in [3.63, 3.8) is 0 Å². The van der Waals surface area contributed by atoms with Gasteiger partial charge in [-0.05, 0) is 11.4 Å². The first kappa shape index (κ1) is 17.0. The predicted molar refractivity (Wildman–Crippen MR) is 95.4 cm³/mol. The van der Waals surface area contributed by atoms with Gasteiger partial charge in [-0.2, -0.15) is 4.98 Å². The summed E-state index contributed by atoms with van der Waals surface area (Å²) in [5, 5.41) is 1.94. The fourth-order valence-electron chi connectivity index (χ4n) is 2.60. The van der Waals surface area contributed by atoms with E-state index in [1.54, 1.807) is 23.3 Å². The van der Waals surface area contributed by atoms with Crippen molar-refractivity contribution in [2.45, 2.75) is 13.1 Å². The lowest BCUT2D eigenvalue weighted by molar-refractivity contribution is -0.130. The highest BCUT2D eigenvalue weighted by Crippen LogP contribution is 2.15. The molecule has 3 aromatic rings. The van der Waals surface area contributed by atoms with Crippen LogP contribution in [0.3, 0.4) is 0 Å². The third kappa shape index (κ3) is 2.84. The number of nitrogens with zero attached hydrogens (tertiary/aromatic N) is 5. The fourth-order valence-corrected chi connectivity index (χ4v) is 3.36. The molecule has 0 saturated heterocycles. The molecule has 0 radical (unpaired) electrons. The van der Waals surface area contributed by atoms with Gasteiger partial charge in [-0.1, -0.05) is 6.07 Å². The van der Waals surface area contributed by atoms with E-state index in [1.165, 1.54) is 23.2 Å². The van der Waals surface area contributed by atoms with Crippen molar-refractivity contribution in [2.24, 2.45) is 14.1 Å². The second-order valence-electron chi connectivity index (χ2n) is 5.76. The number of nitrogen functional groups attached to an aromatic ring is 1. The molecule has 0 aliphatic heterocycles. The average molecular weight is 362 g/mol. The summed E-state index contributed by atoms with van der Waals surface area (Å²) in [4.78, 5) is 43.7. The van der Waals surface area contributed by atoms with E-state index in [2.05, 4.69) is 4.98 Å². The molecule has 3 heterocycles. The molecule has 0 saturated carbocycles. The van der Waals surface area contributed by atoms with Crippen LogP contribution in [0.2, 0.25) is 0 Å². The van der Waals surface area contributed by atoms with Gasteiger partial charge in [0.25, 0.3) is 5.56 Å². The summed E-state index contributed by atoms with van der Waals surface area (Å²) >= 11 is 1.56. The van der Waals surface area contributed by atoms with Gasteiger partial charge in [-0.25, -0.2) is 4.79 Å². The number of hydrogen-bond donors (Lipinski definition) is 1. The first-order valence-corrected chi connectivity index (χ1v) is 8.37. The number of thiophene rings is 1. The molecule has 0 spiro atoms. The summed E-state index contributed by atoms with van der Waals surface area (Å²) in [6.45, 7) is 0.344. The zero-order valence-electron chi connectivity index (χ0n) is 14.1. The number of aryl methyl sites for hydroxylation is 1. The number of carbonyl (C=O) groups is 1. The summed E-state index contributed by atoms with van der Waals surface area (Å²) in [6, 6.07) is 3.87. The number of fused-ring (bicyclic) bond motifs is 1. The minimum atomic E-state index is -0.531. The predicted octanol–water partition coefficient (Wildman–Crippen LogP) is -0.264. The van der Waals surface area contributed by atoms with E-state index in [0.717, 1.165) is 9.44 Å². The number of anilines is 1. The van der Waals surface area contributed by atoms with Gasteiger partial charge in [0.15, 0.2) is 11.2 Å². The van der Waals surface area contributed by atoms with Crippen LogP contribution in [0, 0.1) is 0 Å². The molecule has 132 valence electrons. The van der Waals surface area contributed by atoms with Crippen molar-refractivity contribution in [1.29, 1.82) is 0 Å². The molecular formula is C15H18N6O3S. The molecule has 0 fully saturated rings. The lowest BCUT2D eigenvalue weighted by atomic mass is 10.4. The highest BCUT2D eigenvalue weighted by atomic mass is 32.1. The van der Waals surface area contributed by atoms with E-state index in [9.17, 15) is 14.4 Å². The number of amides is 1. The van der Waals surface area contributed by atoms with Crippen LogP contribution in [0.4, 0.5) is 5.95 Å². The normalized spacial score (nSPS) is 11.2. The number of nitrogens with two attached hydrogens (primary N) is 1. The lowest BCUT2D eigenvalue weighted by Gasteiger charge is -2.17. The van der Waals surface area contributed by atoms with E-state index in [4.69, 9.17) is 5.73 Å². The number of hydrogen-bond acceptors (Lipinski definition) is 6. The van der Waals surface area contributed by atoms with Crippen LogP contribution < -0.4 is 17.0 Å². The van der Waals surface area contributed by atoms with E-state index in [-0.39, 0.29) is 29.6 Å². The summed E-state index contributed by atoms with van der Waals surface area (Å²) < 4.78 is 3.56. The molecule has 0 aliphatic carbocycles. The maximum atomic E-state index is 12.5. The Hall–Kier alpha value is -2.88. The lowest BCUT2D eigenvalue weighted by Crippen LogP contribution is -2.38. The molecule has 9 nitrogen and oxygen atoms in total. The quantitative estimate of drug-likeness (QED) is 0.688. The van der Waals surface area contributed by atoms with Crippen LogP contribution in [-0.2, 0) is 32.0 Å². The Labute approximate surface area is 146 Å². The maximum Gasteiger partial charge on any atom is 0.332 e. The Morgan fingerprint density at radius 1 is 1.32 bits per heavy atom. The first-order chi connectivity index (χ1) is 11.8. The third-order valence-electron chi connectivity index (χ3n) is 4.07. The molecular weight excluding hydrogens is 344 g/mol. The molecule has 0 bridgehead atoms. The van der Waals surface area contributed by atoms with Gasteiger partial charge in [0, 0.05) is 26.0 Å². The van der Waals surface area contributed by atoms with Crippen LogP contribution in [0.25, 0.3) is 11.2 Å². The second-order valence-corrected chi connectivity index (χ2v) is 6.80. The minimum absolute atomic E-state index is 0.0196. The molecule has 10 heteroatoms. The second kappa shape index (κ2) is 6.20. The van der Waals surface area contributed by atoms with E-state index >= 15 is 0 Å². The number of rotatable bonds is 4. The van der Waals surface area contributed by atoms with Crippen molar-refractivity contribution < 1.29 is 4.79 Å². The highest BCUT2D eigenvalue weighted by molar-refractivity contribution is 7.09. The van der Waals surface area contributed by atoms with E-state index in [1.807, 2.05) is 17.5 Å². The molecule has 1 amide bonds. The number of aromatic nitrogens is 4. The smallest absolute Gasteiger partial charge is 0.332 e. The standard InChI is InChI=1S/C15H18N6O3S/c1-18(7-9-5-4-6-25-9)10(22)8-21-11-12(17-14(21)16)19(2)15(24)20(3)13(11)23/h4-6H,7-8H2,1-3H3,(H2,16,17). The average Bonchev–Trinajstić information content (AvgIpc) is 3.19. The third-order valence-corrected chi connectivity index (χ3v) is 4.93. The zero-order valence-corrected chi connectivity index (χ0v) is 14.9. The van der Waals surface area contributed by atoms with Crippen molar-refractivity contribution in [1.82, 2.24) is 23.6 Å². The summed E-state index contributed by atoms with van der Waals surface area (Å²) in [6.07, 6.45) is 0. The highest BCUT2D eigenvalue weighted by Gasteiger charge is 2.20. The van der Waals surface area contributed by atoms with Gasteiger partial charge >= 0.3 is 5.69 Å². The maximum absolute atomic E-state index is 12.5. The monoisotopic (exact) mass is 362 g/mol. The van der Waals surface area contributed by atoms with Gasteiger partial charge in [0.2, 0.25) is 11.9 Å². The minimum Gasteiger partial charge on any atom is -0.369 e. The number of carbonyl (C=O) groups excluding carboxylic acids is 1. The Morgan fingerprint density at radius 2 is 2.04 bits per heavy atom. The van der Waals surface area contributed by atoms with Gasteiger partial charge in [-0.15, -0.1) is 11.3 Å². The number of likely N-dealkylation sites (N-methyl/N-ethyl adjacent to an activating group) is 1. The van der Waals surface area contributed by atoms with Crippen molar-refractivity contribution in [2.75, 3.05) is 12.8 Å². The van der Waals surface area contributed by atoms with Gasteiger partial charge in [0.05, 0.1) is 6.54 Å². The van der Waals surface area contributed by atoms with Crippen LogP contribution in [0.15, 0.2) is 27.1 Å². The van der Waals surface area contributed by atoms with Crippen LogP contribution in [0.5, 0.6) is 0 Å². The van der Waals surface area contributed by atoms with Crippen LogP contribution >= 0.6 is 11.3 Å². The Kier molecular flexibility index (Phi) is 4.21. The first-order valence-electron chi connectivity index (χ1n) is 7.49. The Balaban J connectivity index is 1.99. The molecule has 3 aromatic heterocycles. The van der Waals surface area contributed by atoms with Crippen LogP contribution in [-0.4, -0.2) is 36.5 Å². The molecule has 0 aromatic carbocycles. The Morgan fingerprint density at radius 3 is 2.68 bits per heavy atom. The zero-order chi connectivity index (χ0) is 18.3. The van der Waals surface area contributed by atoms with Crippen molar-refractivity contribution in [3.8, 4) is 0 Å². The molecule has 25 heavy (non-hydrogen) atoms. The fraction of sp³-hybridized carbons (Fsp3) is 0.333. The Bertz CT molecular complexity index is 1060. The summed E-state index contributed by atoms with van der Waals surface area (Å²) in [5.41, 5.74) is 5.17. The molecule has 2 N–H and O–H groups in total. The van der Waals surface area contributed by atoms with E-state index in [0.29, 0.717) is 6.54 Å².